The Hall–Kier alpha value is -1.02. The third kappa shape index (κ3) is 2.00. The lowest BCUT2D eigenvalue weighted by atomic mass is 9.91. The predicted molar refractivity (Wildman–Crippen MR) is 63.1 cm³/mol. The number of aliphatic hydroxyl groups is 1. The molecule has 0 bridgehead atoms. The molecule has 0 radical (unpaired) electrons. The molecule has 15 heavy (non-hydrogen) atoms. The van der Waals surface area contributed by atoms with Gasteiger partial charge in [0.2, 0.25) is 0 Å². The van der Waals surface area contributed by atoms with Gasteiger partial charge in [0, 0.05) is 19.8 Å². The lowest BCUT2D eigenvalue weighted by Crippen LogP contribution is -2.23. The molecule has 1 aromatic carbocycles. The molecule has 2 rings (SSSR count). The van der Waals surface area contributed by atoms with E-state index in [1.54, 1.807) is 0 Å². The lowest BCUT2D eigenvalue weighted by Gasteiger charge is -2.24. The highest BCUT2D eigenvalue weighted by atomic mass is 16.3. The van der Waals surface area contributed by atoms with E-state index in [9.17, 15) is 5.11 Å². The van der Waals surface area contributed by atoms with Crippen molar-refractivity contribution in [3.05, 3.63) is 29.8 Å². The van der Waals surface area contributed by atoms with Gasteiger partial charge in [-0.05, 0) is 43.4 Å². The highest BCUT2D eigenvalue weighted by Crippen LogP contribution is 2.45. The van der Waals surface area contributed by atoms with Crippen LogP contribution < -0.4 is 4.90 Å². The minimum atomic E-state index is -0.634. The van der Waals surface area contributed by atoms with E-state index in [0.717, 1.165) is 18.4 Å². The maximum Gasteiger partial charge on any atom is 0.0896 e. The van der Waals surface area contributed by atoms with Crippen LogP contribution in [0.3, 0.4) is 0 Å². The first kappa shape index (κ1) is 10.5. The number of hydrogen-bond acceptors (Lipinski definition) is 2. The van der Waals surface area contributed by atoms with E-state index in [2.05, 4.69) is 17.0 Å². The molecule has 1 atom stereocenters. The predicted octanol–water partition coefficient (Wildman–Crippen LogP) is 2.37. The SMILES string of the molecule is CN(C)c1ccc([C@@](C)(O)C2CC2)cc1. The molecule has 0 amide bonds. The topological polar surface area (TPSA) is 23.5 Å². The van der Waals surface area contributed by atoms with Gasteiger partial charge in [-0.2, -0.15) is 0 Å². The molecule has 1 N–H and O–H groups in total. The van der Waals surface area contributed by atoms with Crippen LogP contribution in [0.2, 0.25) is 0 Å². The van der Waals surface area contributed by atoms with Crippen LogP contribution in [0.5, 0.6) is 0 Å². The molecule has 0 aliphatic heterocycles. The fraction of sp³-hybridized carbons (Fsp3) is 0.538. The molecule has 0 saturated heterocycles. The van der Waals surface area contributed by atoms with Crippen LogP contribution in [0.25, 0.3) is 0 Å². The molecule has 0 aromatic heterocycles. The van der Waals surface area contributed by atoms with E-state index in [1.807, 2.05) is 33.2 Å². The normalized spacial score (nSPS) is 19.7. The van der Waals surface area contributed by atoms with Crippen LogP contribution in [-0.2, 0) is 5.60 Å². The van der Waals surface area contributed by atoms with Crippen molar-refractivity contribution in [1.29, 1.82) is 0 Å². The number of nitrogens with zero attached hydrogens (tertiary/aromatic N) is 1. The van der Waals surface area contributed by atoms with Crippen LogP contribution >= 0.6 is 0 Å². The number of benzene rings is 1. The second kappa shape index (κ2) is 3.53. The highest BCUT2D eigenvalue weighted by molar-refractivity contribution is 5.47. The maximum absolute atomic E-state index is 10.3. The van der Waals surface area contributed by atoms with Crippen molar-refractivity contribution in [3.8, 4) is 0 Å². The van der Waals surface area contributed by atoms with Crippen LogP contribution in [-0.4, -0.2) is 19.2 Å². The second-order valence-corrected chi connectivity index (χ2v) is 4.86. The molecule has 82 valence electrons. The maximum atomic E-state index is 10.3. The van der Waals surface area contributed by atoms with Crippen molar-refractivity contribution in [2.75, 3.05) is 19.0 Å². The van der Waals surface area contributed by atoms with Crippen LogP contribution in [0.1, 0.15) is 25.3 Å². The van der Waals surface area contributed by atoms with Crippen molar-refractivity contribution in [3.63, 3.8) is 0 Å². The molecule has 0 spiro atoms. The third-order valence-electron chi connectivity index (χ3n) is 3.34. The van der Waals surface area contributed by atoms with Crippen LogP contribution in [0.4, 0.5) is 5.69 Å². The molecule has 2 nitrogen and oxygen atoms in total. The zero-order valence-corrected chi connectivity index (χ0v) is 9.70. The molecule has 0 unspecified atom stereocenters. The molecule has 1 aliphatic carbocycles. The fourth-order valence-corrected chi connectivity index (χ4v) is 1.98. The summed E-state index contributed by atoms with van der Waals surface area (Å²) in [6, 6.07) is 8.19. The van der Waals surface area contributed by atoms with E-state index in [0.29, 0.717) is 5.92 Å². The standard InChI is InChI=1S/C13H19NO/c1-13(15,10-4-5-10)11-6-8-12(9-7-11)14(2)3/h6-10,15H,4-5H2,1-3H3/t13-/m0/s1. The van der Waals surface area contributed by atoms with E-state index in [1.165, 1.54) is 5.69 Å². The Kier molecular flexibility index (Phi) is 2.47. The van der Waals surface area contributed by atoms with Crippen molar-refractivity contribution in [1.82, 2.24) is 0 Å². The molecule has 0 heterocycles. The summed E-state index contributed by atoms with van der Waals surface area (Å²) in [6.45, 7) is 1.93. The van der Waals surface area contributed by atoms with E-state index in [4.69, 9.17) is 0 Å². The van der Waals surface area contributed by atoms with Crippen LogP contribution in [0, 0.1) is 5.92 Å². The Balaban J connectivity index is 2.22. The van der Waals surface area contributed by atoms with Gasteiger partial charge < -0.3 is 10.0 Å². The quantitative estimate of drug-likeness (QED) is 0.819. The van der Waals surface area contributed by atoms with Gasteiger partial charge in [-0.1, -0.05) is 12.1 Å². The van der Waals surface area contributed by atoms with Crippen molar-refractivity contribution < 1.29 is 5.11 Å². The molecule has 1 aromatic rings. The van der Waals surface area contributed by atoms with E-state index in [-0.39, 0.29) is 0 Å². The summed E-state index contributed by atoms with van der Waals surface area (Å²) in [6.07, 6.45) is 2.31. The zero-order chi connectivity index (χ0) is 11.1. The monoisotopic (exact) mass is 205 g/mol. The third-order valence-corrected chi connectivity index (χ3v) is 3.34. The van der Waals surface area contributed by atoms with Gasteiger partial charge in [-0.25, -0.2) is 0 Å². The molecule has 1 aliphatic rings. The summed E-state index contributed by atoms with van der Waals surface area (Å²) in [4.78, 5) is 2.07. The van der Waals surface area contributed by atoms with Crippen molar-refractivity contribution >= 4 is 5.69 Å². The summed E-state index contributed by atoms with van der Waals surface area (Å²) in [5, 5.41) is 10.3. The van der Waals surface area contributed by atoms with Gasteiger partial charge in [-0.3, -0.25) is 0 Å². The van der Waals surface area contributed by atoms with Crippen LogP contribution in [0.15, 0.2) is 24.3 Å². The minimum Gasteiger partial charge on any atom is -0.385 e. The lowest BCUT2D eigenvalue weighted by molar-refractivity contribution is 0.0331. The number of rotatable bonds is 3. The Morgan fingerprint density at radius 1 is 1.20 bits per heavy atom. The first-order valence-electron chi connectivity index (χ1n) is 5.52. The van der Waals surface area contributed by atoms with E-state index >= 15 is 0 Å². The molecular formula is C13H19NO. The van der Waals surface area contributed by atoms with Crippen molar-refractivity contribution in [2.45, 2.75) is 25.4 Å². The number of hydrogen-bond donors (Lipinski definition) is 1. The Bertz CT molecular complexity index is 336. The molecule has 2 heteroatoms. The minimum absolute atomic E-state index is 0.461. The average molecular weight is 205 g/mol. The van der Waals surface area contributed by atoms with Gasteiger partial charge in [0.15, 0.2) is 0 Å². The van der Waals surface area contributed by atoms with Crippen molar-refractivity contribution in [2.24, 2.45) is 5.92 Å². The summed E-state index contributed by atoms with van der Waals surface area (Å²) in [7, 11) is 4.04. The summed E-state index contributed by atoms with van der Waals surface area (Å²) in [5.74, 6) is 0.461. The summed E-state index contributed by atoms with van der Waals surface area (Å²) < 4.78 is 0. The van der Waals surface area contributed by atoms with Gasteiger partial charge in [0.25, 0.3) is 0 Å². The van der Waals surface area contributed by atoms with Gasteiger partial charge >= 0.3 is 0 Å². The zero-order valence-electron chi connectivity index (χ0n) is 9.70. The largest absolute Gasteiger partial charge is 0.385 e. The Morgan fingerprint density at radius 3 is 2.13 bits per heavy atom. The van der Waals surface area contributed by atoms with Gasteiger partial charge in [0.1, 0.15) is 0 Å². The Morgan fingerprint density at radius 2 is 1.73 bits per heavy atom. The van der Waals surface area contributed by atoms with E-state index < -0.39 is 5.60 Å². The Labute approximate surface area is 91.5 Å². The van der Waals surface area contributed by atoms with Gasteiger partial charge in [0.05, 0.1) is 5.60 Å². The smallest absolute Gasteiger partial charge is 0.0896 e. The first-order chi connectivity index (χ1) is 7.01. The second-order valence-electron chi connectivity index (χ2n) is 4.86. The summed E-state index contributed by atoms with van der Waals surface area (Å²) >= 11 is 0. The summed E-state index contributed by atoms with van der Waals surface area (Å²) in [5.41, 5.74) is 1.58. The highest BCUT2D eigenvalue weighted by Gasteiger charge is 2.40. The molecule has 1 fully saturated rings. The number of anilines is 1. The van der Waals surface area contributed by atoms with Gasteiger partial charge in [-0.15, -0.1) is 0 Å². The molecular weight excluding hydrogens is 186 g/mol. The molecule has 1 saturated carbocycles. The fourth-order valence-electron chi connectivity index (χ4n) is 1.98. The average Bonchev–Trinajstić information content (AvgIpc) is 3.01. The first-order valence-corrected chi connectivity index (χ1v) is 5.52.